The summed E-state index contributed by atoms with van der Waals surface area (Å²) in [6.45, 7) is 2.05. The number of ether oxygens (including phenoxy) is 2. The van der Waals surface area contributed by atoms with Crippen molar-refractivity contribution in [3.05, 3.63) is 36.4 Å². The summed E-state index contributed by atoms with van der Waals surface area (Å²) in [5.74, 6) is 0.619. The van der Waals surface area contributed by atoms with Crippen LogP contribution >= 0.6 is 0 Å². The molecule has 0 heterocycles. The Kier molecular flexibility index (Phi) is 5.12. The van der Waals surface area contributed by atoms with E-state index in [1.807, 2.05) is 6.07 Å². The Balaban J connectivity index is 2.62. The number of para-hydroxylation sites is 2. The number of carbonyl (C=O) groups is 1. The molecule has 3 nitrogen and oxygen atoms in total. The van der Waals surface area contributed by atoms with E-state index in [0.717, 1.165) is 12.8 Å². The summed E-state index contributed by atoms with van der Waals surface area (Å²) in [5.41, 5.74) is 0. The van der Waals surface area contributed by atoms with Gasteiger partial charge in [0.25, 0.3) is 0 Å². The van der Waals surface area contributed by atoms with Crippen LogP contribution in [0.4, 0.5) is 0 Å². The van der Waals surface area contributed by atoms with Crippen molar-refractivity contribution in [2.75, 3.05) is 7.11 Å². The van der Waals surface area contributed by atoms with Crippen molar-refractivity contribution in [3.8, 4) is 11.5 Å². The lowest BCUT2D eigenvalue weighted by atomic mass is 10.3. The zero-order valence-corrected chi connectivity index (χ0v) is 9.60. The highest BCUT2D eigenvalue weighted by Gasteiger charge is 2.05. The third-order valence-corrected chi connectivity index (χ3v) is 1.99. The highest BCUT2D eigenvalue weighted by Crippen LogP contribution is 2.25. The molecule has 0 aromatic heterocycles. The third-order valence-electron chi connectivity index (χ3n) is 1.99. The summed E-state index contributed by atoms with van der Waals surface area (Å²) < 4.78 is 10.2. The Labute approximate surface area is 95.7 Å². The van der Waals surface area contributed by atoms with E-state index in [9.17, 15) is 4.79 Å². The summed E-state index contributed by atoms with van der Waals surface area (Å²) in [4.78, 5) is 11.4. The van der Waals surface area contributed by atoms with Crippen molar-refractivity contribution in [2.45, 2.75) is 19.8 Å². The third kappa shape index (κ3) is 3.77. The summed E-state index contributed by atoms with van der Waals surface area (Å²) in [6, 6.07) is 7.06. The first-order valence-electron chi connectivity index (χ1n) is 5.29. The highest BCUT2D eigenvalue weighted by atomic mass is 16.6. The molecular formula is C13H16O3. The fraction of sp³-hybridized carbons (Fsp3) is 0.308. The van der Waals surface area contributed by atoms with Gasteiger partial charge in [-0.25, -0.2) is 4.79 Å². The van der Waals surface area contributed by atoms with Gasteiger partial charge in [0, 0.05) is 6.08 Å². The normalized spacial score (nSPS) is 10.4. The number of carbonyl (C=O) groups excluding carboxylic acids is 1. The molecule has 0 atom stereocenters. The maximum Gasteiger partial charge on any atom is 0.335 e. The van der Waals surface area contributed by atoms with Crippen LogP contribution in [0.5, 0.6) is 11.5 Å². The minimum Gasteiger partial charge on any atom is -0.493 e. The first-order chi connectivity index (χ1) is 7.77. The van der Waals surface area contributed by atoms with E-state index in [-0.39, 0.29) is 5.97 Å². The molecule has 0 amide bonds. The number of hydrogen-bond donors (Lipinski definition) is 0. The molecule has 0 saturated carbocycles. The second-order valence-corrected chi connectivity index (χ2v) is 3.26. The van der Waals surface area contributed by atoms with Crippen LogP contribution < -0.4 is 9.47 Å². The maximum absolute atomic E-state index is 11.4. The molecule has 86 valence electrons. The summed E-state index contributed by atoms with van der Waals surface area (Å²) >= 11 is 0. The van der Waals surface area contributed by atoms with Gasteiger partial charge in [-0.05, 0) is 18.6 Å². The summed E-state index contributed by atoms with van der Waals surface area (Å²) in [7, 11) is 1.54. The average molecular weight is 220 g/mol. The first-order valence-corrected chi connectivity index (χ1v) is 5.29. The van der Waals surface area contributed by atoms with Crippen molar-refractivity contribution < 1.29 is 14.3 Å². The largest absolute Gasteiger partial charge is 0.493 e. The van der Waals surface area contributed by atoms with E-state index in [1.54, 1.807) is 31.4 Å². The average Bonchev–Trinajstić information content (AvgIpc) is 2.30. The molecule has 1 aromatic carbocycles. The Bertz CT molecular complexity index is 369. The van der Waals surface area contributed by atoms with Crippen molar-refractivity contribution in [3.63, 3.8) is 0 Å². The Morgan fingerprint density at radius 2 is 2.00 bits per heavy atom. The van der Waals surface area contributed by atoms with Gasteiger partial charge in [0.05, 0.1) is 7.11 Å². The molecular weight excluding hydrogens is 204 g/mol. The topological polar surface area (TPSA) is 35.5 Å². The molecule has 0 saturated heterocycles. The number of methoxy groups -OCH3 is 1. The Morgan fingerprint density at radius 1 is 1.31 bits per heavy atom. The second kappa shape index (κ2) is 6.67. The van der Waals surface area contributed by atoms with Crippen LogP contribution in [-0.2, 0) is 4.79 Å². The lowest BCUT2D eigenvalue weighted by molar-refractivity contribution is -0.129. The standard InChI is InChI=1S/C13H16O3/c1-3-4-5-10-13(14)16-12-9-7-6-8-11(12)15-2/h5-10H,3-4H2,1-2H3. The van der Waals surface area contributed by atoms with E-state index < -0.39 is 0 Å². The van der Waals surface area contributed by atoms with Crippen LogP contribution in [0.25, 0.3) is 0 Å². The fourth-order valence-corrected chi connectivity index (χ4v) is 1.19. The molecule has 0 aliphatic carbocycles. The van der Waals surface area contributed by atoms with E-state index in [1.165, 1.54) is 6.08 Å². The van der Waals surface area contributed by atoms with Gasteiger partial charge in [-0.2, -0.15) is 0 Å². The molecule has 0 radical (unpaired) electrons. The molecule has 16 heavy (non-hydrogen) atoms. The number of allylic oxidation sites excluding steroid dienone is 1. The summed E-state index contributed by atoms with van der Waals surface area (Å²) in [5, 5.41) is 0. The van der Waals surface area contributed by atoms with Crippen molar-refractivity contribution in [1.29, 1.82) is 0 Å². The van der Waals surface area contributed by atoms with Gasteiger partial charge in [-0.1, -0.05) is 31.6 Å². The highest BCUT2D eigenvalue weighted by molar-refractivity contribution is 5.84. The number of benzene rings is 1. The molecule has 0 aliphatic rings. The monoisotopic (exact) mass is 220 g/mol. The summed E-state index contributed by atoms with van der Waals surface area (Å²) in [6.07, 6.45) is 5.13. The predicted octanol–water partition coefficient (Wildman–Crippen LogP) is 2.96. The zero-order chi connectivity index (χ0) is 11.8. The first kappa shape index (κ1) is 12.3. The smallest absolute Gasteiger partial charge is 0.335 e. The van der Waals surface area contributed by atoms with Gasteiger partial charge in [0.1, 0.15) is 0 Å². The van der Waals surface area contributed by atoms with Crippen LogP contribution in [0.1, 0.15) is 19.8 Å². The molecule has 0 fully saturated rings. The van der Waals surface area contributed by atoms with Gasteiger partial charge in [-0.15, -0.1) is 0 Å². The number of hydrogen-bond acceptors (Lipinski definition) is 3. The molecule has 0 N–H and O–H groups in total. The Morgan fingerprint density at radius 3 is 2.62 bits per heavy atom. The predicted molar refractivity (Wildman–Crippen MR) is 62.7 cm³/mol. The van der Waals surface area contributed by atoms with E-state index in [2.05, 4.69) is 6.92 Å². The molecule has 0 unspecified atom stereocenters. The van der Waals surface area contributed by atoms with Gasteiger partial charge in [0.15, 0.2) is 11.5 Å². The van der Waals surface area contributed by atoms with Gasteiger partial charge < -0.3 is 9.47 Å². The van der Waals surface area contributed by atoms with Crippen LogP contribution in [0.2, 0.25) is 0 Å². The molecule has 0 bridgehead atoms. The second-order valence-electron chi connectivity index (χ2n) is 3.26. The van der Waals surface area contributed by atoms with Gasteiger partial charge in [0.2, 0.25) is 0 Å². The van der Waals surface area contributed by atoms with Crippen LogP contribution in [0.3, 0.4) is 0 Å². The van der Waals surface area contributed by atoms with Crippen molar-refractivity contribution in [1.82, 2.24) is 0 Å². The van der Waals surface area contributed by atoms with Crippen LogP contribution in [0.15, 0.2) is 36.4 Å². The van der Waals surface area contributed by atoms with Crippen molar-refractivity contribution >= 4 is 5.97 Å². The quantitative estimate of drug-likeness (QED) is 0.435. The minimum atomic E-state index is -0.377. The number of unbranched alkanes of at least 4 members (excludes halogenated alkanes) is 1. The lowest BCUT2D eigenvalue weighted by Gasteiger charge is -2.06. The van der Waals surface area contributed by atoms with E-state index >= 15 is 0 Å². The van der Waals surface area contributed by atoms with E-state index in [4.69, 9.17) is 9.47 Å². The number of esters is 1. The molecule has 0 spiro atoms. The minimum absolute atomic E-state index is 0.377. The lowest BCUT2D eigenvalue weighted by Crippen LogP contribution is -2.04. The fourth-order valence-electron chi connectivity index (χ4n) is 1.19. The SMILES string of the molecule is CCCC=CC(=O)Oc1ccccc1OC. The van der Waals surface area contributed by atoms with Gasteiger partial charge in [-0.3, -0.25) is 0 Å². The molecule has 1 rings (SSSR count). The maximum atomic E-state index is 11.4. The molecule has 0 aliphatic heterocycles. The molecule has 3 heteroatoms. The van der Waals surface area contributed by atoms with Crippen LogP contribution in [-0.4, -0.2) is 13.1 Å². The Hall–Kier alpha value is -1.77. The van der Waals surface area contributed by atoms with E-state index in [0.29, 0.717) is 11.5 Å². The van der Waals surface area contributed by atoms with Gasteiger partial charge >= 0.3 is 5.97 Å². The van der Waals surface area contributed by atoms with Crippen LogP contribution in [0, 0.1) is 0 Å². The number of rotatable bonds is 5. The molecule has 1 aromatic rings. The zero-order valence-electron chi connectivity index (χ0n) is 9.60. The van der Waals surface area contributed by atoms with Crippen molar-refractivity contribution in [2.24, 2.45) is 0 Å².